The van der Waals surface area contributed by atoms with Gasteiger partial charge in [0, 0.05) is 29.4 Å². The number of hydrogen-bond donors (Lipinski definition) is 3. The van der Waals surface area contributed by atoms with Crippen LogP contribution < -0.4 is 10.6 Å². The van der Waals surface area contributed by atoms with E-state index in [1.54, 1.807) is 42.7 Å². The van der Waals surface area contributed by atoms with Gasteiger partial charge in [0.1, 0.15) is 5.69 Å². The molecule has 176 valence electrons. The monoisotopic (exact) mass is 470 g/mol. The van der Waals surface area contributed by atoms with Crippen LogP contribution in [0.1, 0.15) is 46.7 Å². The van der Waals surface area contributed by atoms with Crippen molar-refractivity contribution in [3.05, 3.63) is 72.4 Å². The first-order valence-corrected chi connectivity index (χ1v) is 11.2. The summed E-state index contributed by atoms with van der Waals surface area (Å²) in [4.78, 5) is 45.4. The minimum Gasteiger partial charge on any atom is -0.476 e. The molecule has 1 aliphatic carbocycles. The minimum absolute atomic E-state index is 0.180. The van der Waals surface area contributed by atoms with Gasteiger partial charge in [-0.2, -0.15) is 9.78 Å². The molecule has 0 radical (unpaired) electrons. The Bertz CT molecular complexity index is 1410. The number of anilines is 1. The van der Waals surface area contributed by atoms with Crippen LogP contribution in [0.3, 0.4) is 0 Å². The summed E-state index contributed by atoms with van der Waals surface area (Å²) >= 11 is 0. The standard InChI is InChI=1S/C25H22N6O4/c32-23(28-17-5-1-2-6-17)20-9-8-18(14-27-20)29-25(35)31-21-10-7-15(16-4-3-11-26-13-16)12-19(21)22(30-31)24(33)34/h3-4,7-14,17H,1-2,5-6H2,(H,28,32)(H,29,35)(H,33,34). The maximum Gasteiger partial charge on any atom is 0.357 e. The molecular formula is C25H22N6O4. The predicted molar refractivity (Wildman–Crippen MR) is 128 cm³/mol. The van der Waals surface area contributed by atoms with Crippen molar-refractivity contribution in [3.8, 4) is 11.1 Å². The van der Waals surface area contributed by atoms with Gasteiger partial charge in [0.2, 0.25) is 0 Å². The third-order valence-corrected chi connectivity index (χ3v) is 6.01. The van der Waals surface area contributed by atoms with Crippen LogP contribution in [0.4, 0.5) is 10.5 Å². The Morgan fingerprint density at radius 3 is 2.51 bits per heavy atom. The summed E-state index contributed by atoms with van der Waals surface area (Å²) in [6.45, 7) is 0. The van der Waals surface area contributed by atoms with E-state index in [9.17, 15) is 19.5 Å². The molecule has 0 unspecified atom stereocenters. The predicted octanol–water partition coefficient (Wildman–Crippen LogP) is 3.94. The molecule has 0 bridgehead atoms. The number of carbonyl (C=O) groups is 3. The van der Waals surface area contributed by atoms with Crippen molar-refractivity contribution in [2.75, 3.05) is 5.32 Å². The van der Waals surface area contributed by atoms with Crippen LogP contribution in [0, 0.1) is 0 Å². The van der Waals surface area contributed by atoms with Gasteiger partial charge in [-0.25, -0.2) is 14.6 Å². The molecule has 2 amide bonds. The van der Waals surface area contributed by atoms with Gasteiger partial charge < -0.3 is 15.7 Å². The van der Waals surface area contributed by atoms with Gasteiger partial charge in [-0.1, -0.05) is 25.0 Å². The third kappa shape index (κ3) is 4.58. The van der Waals surface area contributed by atoms with E-state index in [1.807, 2.05) is 6.07 Å². The summed E-state index contributed by atoms with van der Waals surface area (Å²) in [6.07, 6.45) is 8.87. The molecule has 0 spiro atoms. The molecule has 10 nitrogen and oxygen atoms in total. The van der Waals surface area contributed by atoms with Crippen molar-refractivity contribution in [2.24, 2.45) is 0 Å². The highest BCUT2D eigenvalue weighted by Crippen LogP contribution is 2.27. The van der Waals surface area contributed by atoms with E-state index in [2.05, 4.69) is 25.7 Å². The molecule has 3 N–H and O–H groups in total. The Morgan fingerprint density at radius 1 is 1.00 bits per heavy atom. The fraction of sp³-hybridized carbons (Fsp3) is 0.200. The lowest BCUT2D eigenvalue weighted by molar-refractivity contribution is 0.0691. The van der Waals surface area contributed by atoms with Crippen molar-refractivity contribution in [1.29, 1.82) is 0 Å². The zero-order valence-corrected chi connectivity index (χ0v) is 18.6. The Kier molecular flexibility index (Phi) is 5.92. The van der Waals surface area contributed by atoms with Crippen LogP contribution in [0.25, 0.3) is 22.0 Å². The number of nitrogens with zero attached hydrogens (tertiary/aromatic N) is 4. The summed E-state index contributed by atoms with van der Waals surface area (Å²) in [5.41, 5.74) is 2.27. The number of benzene rings is 1. The van der Waals surface area contributed by atoms with Gasteiger partial charge in [-0.05, 0) is 48.7 Å². The second-order valence-electron chi connectivity index (χ2n) is 8.36. The Balaban J connectivity index is 1.37. The lowest BCUT2D eigenvalue weighted by Gasteiger charge is -2.11. The van der Waals surface area contributed by atoms with Crippen LogP contribution in [-0.4, -0.2) is 48.8 Å². The highest BCUT2D eigenvalue weighted by atomic mass is 16.4. The number of hydrogen-bond acceptors (Lipinski definition) is 6. The Labute approximate surface area is 200 Å². The summed E-state index contributed by atoms with van der Waals surface area (Å²) in [5, 5.41) is 19.6. The molecular weight excluding hydrogens is 448 g/mol. The zero-order chi connectivity index (χ0) is 24.4. The normalized spacial score (nSPS) is 13.6. The molecule has 10 heteroatoms. The van der Waals surface area contributed by atoms with Gasteiger partial charge >= 0.3 is 12.0 Å². The largest absolute Gasteiger partial charge is 0.476 e. The Morgan fingerprint density at radius 2 is 1.83 bits per heavy atom. The summed E-state index contributed by atoms with van der Waals surface area (Å²) < 4.78 is 1.01. The van der Waals surface area contributed by atoms with Crippen LogP contribution >= 0.6 is 0 Å². The molecule has 1 fully saturated rings. The first kappa shape index (κ1) is 22.2. The molecule has 1 saturated carbocycles. The molecule has 1 aliphatic rings. The van der Waals surface area contributed by atoms with Crippen molar-refractivity contribution < 1.29 is 19.5 Å². The average Bonchev–Trinajstić information content (AvgIpc) is 3.52. The molecule has 35 heavy (non-hydrogen) atoms. The van der Waals surface area contributed by atoms with E-state index in [-0.39, 0.29) is 23.3 Å². The van der Waals surface area contributed by atoms with Crippen LogP contribution in [0.15, 0.2) is 61.1 Å². The number of aromatic nitrogens is 4. The minimum atomic E-state index is -1.25. The van der Waals surface area contributed by atoms with Gasteiger partial charge in [0.05, 0.1) is 17.4 Å². The van der Waals surface area contributed by atoms with E-state index in [0.29, 0.717) is 16.6 Å². The molecule has 5 rings (SSSR count). The SMILES string of the molecule is O=C(NC1CCCC1)c1ccc(NC(=O)n2nc(C(=O)O)c3cc(-c4cccnc4)ccc32)cn1. The first-order valence-electron chi connectivity index (χ1n) is 11.2. The van der Waals surface area contributed by atoms with Crippen molar-refractivity contribution in [3.63, 3.8) is 0 Å². The van der Waals surface area contributed by atoms with E-state index < -0.39 is 12.0 Å². The van der Waals surface area contributed by atoms with E-state index in [0.717, 1.165) is 41.5 Å². The van der Waals surface area contributed by atoms with Crippen molar-refractivity contribution in [2.45, 2.75) is 31.7 Å². The summed E-state index contributed by atoms with van der Waals surface area (Å²) in [5.74, 6) is -1.49. The van der Waals surface area contributed by atoms with E-state index in [4.69, 9.17) is 0 Å². The molecule has 3 aromatic heterocycles. The summed E-state index contributed by atoms with van der Waals surface area (Å²) in [6, 6.07) is 11.4. The first-order chi connectivity index (χ1) is 17.0. The van der Waals surface area contributed by atoms with Crippen molar-refractivity contribution in [1.82, 2.24) is 25.1 Å². The fourth-order valence-corrected chi connectivity index (χ4v) is 4.25. The van der Waals surface area contributed by atoms with Gasteiger partial charge in [0.25, 0.3) is 5.91 Å². The van der Waals surface area contributed by atoms with E-state index in [1.165, 1.54) is 12.3 Å². The van der Waals surface area contributed by atoms with Crippen LogP contribution in [0.5, 0.6) is 0 Å². The van der Waals surface area contributed by atoms with Crippen LogP contribution in [0.2, 0.25) is 0 Å². The van der Waals surface area contributed by atoms with Crippen LogP contribution in [-0.2, 0) is 0 Å². The smallest absolute Gasteiger partial charge is 0.357 e. The number of rotatable bonds is 5. The number of carboxylic acids is 1. The maximum atomic E-state index is 12.9. The van der Waals surface area contributed by atoms with Gasteiger partial charge in [-0.15, -0.1) is 0 Å². The number of carbonyl (C=O) groups excluding carboxylic acids is 2. The quantitative estimate of drug-likeness (QED) is 0.401. The average molecular weight is 470 g/mol. The second-order valence-corrected chi connectivity index (χ2v) is 8.36. The highest BCUT2D eigenvalue weighted by Gasteiger charge is 2.22. The fourth-order valence-electron chi connectivity index (χ4n) is 4.25. The molecule has 1 aromatic carbocycles. The van der Waals surface area contributed by atoms with Crippen molar-refractivity contribution >= 4 is 34.5 Å². The topological polar surface area (TPSA) is 139 Å². The number of fused-ring (bicyclic) bond motifs is 1. The number of carboxylic acid groups (broad SMARTS) is 1. The number of pyridine rings is 2. The lowest BCUT2D eigenvalue weighted by atomic mass is 10.0. The highest BCUT2D eigenvalue weighted by molar-refractivity contribution is 6.06. The molecule has 0 atom stereocenters. The third-order valence-electron chi connectivity index (χ3n) is 6.01. The Hall–Kier alpha value is -4.60. The second kappa shape index (κ2) is 9.34. The van der Waals surface area contributed by atoms with Gasteiger partial charge in [0.15, 0.2) is 5.69 Å². The number of amides is 2. The maximum absolute atomic E-state index is 12.9. The van der Waals surface area contributed by atoms with E-state index >= 15 is 0 Å². The number of nitrogens with one attached hydrogen (secondary N) is 2. The summed E-state index contributed by atoms with van der Waals surface area (Å²) in [7, 11) is 0. The molecule has 0 saturated heterocycles. The zero-order valence-electron chi connectivity index (χ0n) is 18.6. The molecule has 3 heterocycles. The lowest BCUT2D eigenvalue weighted by Crippen LogP contribution is -2.33. The number of aromatic carboxylic acids is 1. The van der Waals surface area contributed by atoms with Gasteiger partial charge in [-0.3, -0.25) is 9.78 Å². The molecule has 0 aliphatic heterocycles. The molecule has 4 aromatic rings.